The fourth-order valence-corrected chi connectivity index (χ4v) is 3.66. The van der Waals surface area contributed by atoms with E-state index in [4.69, 9.17) is 0 Å². The Morgan fingerprint density at radius 1 is 1.22 bits per heavy atom. The van der Waals surface area contributed by atoms with Crippen LogP contribution in [0.1, 0.15) is 41.3 Å². The van der Waals surface area contributed by atoms with Gasteiger partial charge in [0, 0.05) is 24.2 Å². The Balaban J connectivity index is 2.42. The predicted octanol–water partition coefficient (Wildman–Crippen LogP) is 3.39. The van der Waals surface area contributed by atoms with Crippen molar-refractivity contribution in [3.8, 4) is 0 Å². The summed E-state index contributed by atoms with van der Waals surface area (Å²) in [6, 6.07) is 5.03. The molecule has 1 N–H and O–H groups in total. The van der Waals surface area contributed by atoms with E-state index in [2.05, 4.69) is 50.0 Å². The number of hydrogen-bond donors (Lipinski definition) is 1. The van der Waals surface area contributed by atoms with Crippen molar-refractivity contribution in [1.29, 1.82) is 0 Å². The maximum absolute atomic E-state index is 3.48. The van der Waals surface area contributed by atoms with Crippen LogP contribution < -0.4 is 5.32 Å². The summed E-state index contributed by atoms with van der Waals surface area (Å²) in [4.78, 5) is 0. The lowest BCUT2D eigenvalue weighted by atomic mass is 9.90. The summed E-state index contributed by atoms with van der Waals surface area (Å²) < 4.78 is 2.42. The molecule has 1 heterocycles. The van der Waals surface area contributed by atoms with Gasteiger partial charge in [-0.15, -0.1) is 0 Å². The lowest BCUT2D eigenvalue weighted by molar-refractivity contribution is 0.474. The summed E-state index contributed by atoms with van der Waals surface area (Å²) in [6.07, 6.45) is 3.78. The number of rotatable bonds is 1. The number of aromatic nitrogens is 1. The third-order valence-corrected chi connectivity index (χ3v) is 4.49. The third kappa shape index (κ3) is 1.45. The summed E-state index contributed by atoms with van der Waals surface area (Å²) in [5.41, 5.74) is 7.34. The first-order valence-corrected chi connectivity index (χ1v) is 6.89. The zero-order valence-corrected chi connectivity index (χ0v) is 11.8. The van der Waals surface area contributed by atoms with Crippen molar-refractivity contribution in [2.75, 3.05) is 7.05 Å². The van der Waals surface area contributed by atoms with E-state index in [0.717, 1.165) is 0 Å². The molecule has 0 saturated carbocycles. The summed E-state index contributed by atoms with van der Waals surface area (Å²) >= 11 is 0. The summed E-state index contributed by atoms with van der Waals surface area (Å²) in [5, 5.41) is 4.99. The monoisotopic (exact) mass is 242 g/mol. The lowest BCUT2D eigenvalue weighted by Gasteiger charge is -2.24. The van der Waals surface area contributed by atoms with E-state index in [0.29, 0.717) is 6.04 Å². The number of fused-ring (bicyclic) bond motifs is 3. The molecular formula is C16H22N2. The summed E-state index contributed by atoms with van der Waals surface area (Å²) in [7, 11) is 4.31. The van der Waals surface area contributed by atoms with E-state index in [1.54, 1.807) is 5.56 Å². The number of nitrogens with one attached hydrogen (secondary N) is 1. The topological polar surface area (TPSA) is 17.0 Å². The largest absolute Gasteiger partial charge is 0.346 e. The van der Waals surface area contributed by atoms with Crippen molar-refractivity contribution < 1.29 is 0 Å². The molecule has 0 bridgehead atoms. The molecule has 0 fully saturated rings. The predicted molar refractivity (Wildman–Crippen MR) is 77.1 cm³/mol. The highest BCUT2D eigenvalue weighted by Crippen LogP contribution is 2.38. The SMILES string of the molecule is CNC1CCCc2c1n(C)c1c(C)ccc(C)c21. The van der Waals surface area contributed by atoms with Crippen LogP contribution in [0.5, 0.6) is 0 Å². The molecule has 1 aromatic heterocycles. The molecule has 1 aliphatic carbocycles. The smallest absolute Gasteiger partial charge is 0.0515 e. The van der Waals surface area contributed by atoms with Crippen molar-refractivity contribution in [3.05, 3.63) is 34.5 Å². The molecule has 2 heteroatoms. The Hall–Kier alpha value is -1.28. The highest BCUT2D eigenvalue weighted by Gasteiger charge is 2.26. The van der Waals surface area contributed by atoms with Gasteiger partial charge in [-0.05, 0) is 56.8 Å². The zero-order valence-electron chi connectivity index (χ0n) is 11.8. The molecule has 18 heavy (non-hydrogen) atoms. The molecule has 0 radical (unpaired) electrons. The first-order chi connectivity index (χ1) is 8.65. The van der Waals surface area contributed by atoms with Gasteiger partial charge < -0.3 is 9.88 Å². The van der Waals surface area contributed by atoms with E-state index < -0.39 is 0 Å². The van der Waals surface area contributed by atoms with E-state index in [1.807, 2.05) is 0 Å². The fraction of sp³-hybridized carbons (Fsp3) is 0.500. The molecule has 0 saturated heterocycles. The molecule has 1 atom stereocenters. The van der Waals surface area contributed by atoms with Gasteiger partial charge in [0.2, 0.25) is 0 Å². The Labute approximate surface area is 109 Å². The Morgan fingerprint density at radius 3 is 2.67 bits per heavy atom. The van der Waals surface area contributed by atoms with Crippen LogP contribution in [0.15, 0.2) is 12.1 Å². The van der Waals surface area contributed by atoms with Crippen LogP contribution >= 0.6 is 0 Å². The first kappa shape index (κ1) is 11.8. The zero-order chi connectivity index (χ0) is 12.9. The minimum atomic E-state index is 0.518. The second-order valence-electron chi connectivity index (χ2n) is 5.58. The average molecular weight is 242 g/mol. The number of aryl methyl sites for hydroxylation is 4. The van der Waals surface area contributed by atoms with Crippen LogP contribution in [0, 0.1) is 13.8 Å². The van der Waals surface area contributed by atoms with Gasteiger partial charge in [0.05, 0.1) is 5.52 Å². The first-order valence-electron chi connectivity index (χ1n) is 6.89. The molecule has 96 valence electrons. The van der Waals surface area contributed by atoms with E-state index in [9.17, 15) is 0 Å². The molecule has 0 spiro atoms. The Bertz CT molecular complexity index is 607. The quantitative estimate of drug-likeness (QED) is 0.811. The van der Waals surface area contributed by atoms with Gasteiger partial charge in [-0.2, -0.15) is 0 Å². The summed E-state index contributed by atoms with van der Waals surface area (Å²) in [6.45, 7) is 4.46. The molecular weight excluding hydrogens is 220 g/mol. The molecule has 2 nitrogen and oxygen atoms in total. The molecule has 3 rings (SSSR count). The lowest BCUT2D eigenvalue weighted by Crippen LogP contribution is -2.23. The molecule has 1 aromatic carbocycles. The van der Waals surface area contributed by atoms with E-state index in [1.165, 1.54) is 47.0 Å². The van der Waals surface area contributed by atoms with Gasteiger partial charge in [-0.3, -0.25) is 0 Å². The number of hydrogen-bond acceptors (Lipinski definition) is 1. The molecule has 2 aromatic rings. The highest BCUT2D eigenvalue weighted by molar-refractivity contribution is 5.91. The second kappa shape index (κ2) is 4.13. The molecule has 1 aliphatic rings. The standard InChI is InChI=1S/C16H22N2/c1-10-8-9-11(2)15-14(10)12-6-5-7-13(17-3)16(12)18(15)4/h8-9,13,17H,5-7H2,1-4H3. The van der Waals surface area contributed by atoms with Crippen LogP contribution in [0.25, 0.3) is 10.9 Å². The normalized spacial score (nSPS) is 19.2. The van der Waals surface area contributed by atoms with Crippen molar-refractivity contribution in [2.24, 2.45) is 7.05 Å². The van der Waals surface area contributed by atoms with Gasteiger partial charge in [-0.25, -0.2) is 0 Å². The molecule has 0 aliphatic heterocycles. The van der Waals surface area contributed by atoms with Gasteiger partial charge in [0.25, 0.3) is 0 Å². The van der Waals surface area contributed by atoms with Crippen molar-refractivity contribution >= 4 is 10.9 Å². The minimum Gasteiger partial charge on any atom is -0.346 e. The maximum Gasteiger partial charge on any atom is 0.0515 e. The third-order valence-electron chi connectivity index (χ3n) is 4.49. The number of benzene rings is 1. The highest BCUT2D eigenvalue weighted by atomic mass is 15.0. The van der Waals surface area contributed by atoms with E-state index in [-0.39, 0.29) is 0 Å². The van der Waals surface area contributed by atoms with Crippen molar-refractivity contribution in [1.82, 2.24) is 9.88 Å². The van der Waals surface area contributed by atoms with Gasteiger partial charge in [0.15, 0.2) is 0 Å². The minimum absolute atomic E-state index is 0.518. The van der Waals surface area contributed by atoms with Crippen LogP contribution in [0.2, 0.25) is 0 Å². The van der Waals surface area contributed by atoms with Crippen LogP contribution in [-0.2, 0) is 13.5 Å². The fourth-order valence-electron chi connectivity index (χ4n) is 3.66. The van der Waals surface area contributed by atoms with Crippen molar-refractivity contribution in [2.45, 2.75) is 39.2 Å². The Kier molecular flexibility index (Phi) is 2.70. The molecule has 1 unspecified atom stereocenters. The Morgan fingerprint density at radius 2 is 1.94 bits per heavy atom. The van der Waals surface area contributed by atoms with Crippen LogP contribution in [0.4, 0.5) is 0 Å². The maximum atomic E-state index is 3.48. The second-order valence-corrected chi connectivity index (χ2v) is 5.58. The van der Waals surface area contributed by atoms with E-state index >= 15 is 0 Å². The summed E-state index contributed by atoms with van der Waals surface area (Å²) in [5.74, 6) is 0. The molecule has 0 amide bonds. The number of nitrogens with zero attached hydrogens (tertiary/aromatic N) is 1. The van der Waals surface area contributed by atoms with Gasteiger partial charge in [-0.1, -0.05) is 12.1 Å². The van der Waals surface area contributed by atoms with Gasteiger partial charge in [0.1, 0.15) is 0 Å². The average Bonchev–Trinajstić information content (AvgIpc) is 2.69. The van der Waals surface area contributed by atoms with Crippen molar-refractivity contribution in [3.63, 3.8) is 0 Å². The van der Waals surface area contributed by atoms with Crippen LogP contribution in [-0.4, -0.2) is 11.6 Å². The van der Waals surface area contributed by atoms with Crippen LogP contribution in [0.3, 0.4) is 0 Å². The van der Waals surface area contributed by atoms with Gasteiger partial charge >= 0.3 is 0 Å².